The summed E-state index contributed by atoms with van der Waals surface area (Å²) < 4.78 is 12.4. The molecule has 1 heterocycles. The summed E-state index contributed by atoms with van der Waals surface area (Å²) in [4.78, 5) is 81.1. The van der Waals surface area contributed by atoms with Gasteiger partial charge in [0.15, 0.2) is 5.78 Å². The number of rotatable bonds is 23. The molecule has 0 spiro atoms. The number of aromatic nitrogens is 3. The molecule has 0 aliphatic rings. The largest absolute Gasteiger partial charge is 0.480 e. The lowest BCUT2D eigenvalue weighted by atomic mass is 9.93. The molecule has 16 nitrogen and oxygen atoms in total. The predicted octanol–water partition coefficient (Wildman–Crippen LogP) is -0.499. The van der Waals surface area contributed by atoms with Crippen LogP contribution in [0.5, 0.6) is 0 Å². The number of unbranched alkanes of at least 4 members (excludes halogenated alkanes) is 2. The molecule has 9 N–H and O–H groups in total. The number of carboxylic acids is 1. The molecule has 17 heteroatoms. The van der Waals surface area contributed by atoms with Gasteiger partial charge >= 0.3 is 13.6 Å². The number of nitrogens with two attached hydrogens (primary N) is 2. The summed E-state index contributed by atoms with van der Waals surface area (Å²) >= 11 is 0. The molecule has 0 aliphatic carbocycles. The highest BCUT2D eigenvalue weighted by Gasteiger charge is 2.30. The van der Waals surface area contributed by atoms with Crippen molar-refractivity contribution in [3.8, 4) is 0 Å². The van der Waals surface area contributed by atoms with Gasteiger partial charge in [0, 0.05) is 37.3 Å². The zero-order valence-electron chi connectivity index (χ0n) is 24.8. The van der Waals surface area contributed by atoms with E-state index in [9.17, 15) is 33.6 Å². The third-order valence-corrected chi connectivity index (χ3v) is 7.54. The Morgan fingerprint density at radius 2 is 1.56 bits per heavy atom. The second kappa shape index (κ2) is 19.3. The van der Waals surface area contributed by atoms with E-state index in [4.69, 9.17) is 21.3 Å². The molecule has 244 valence electrons. The third-order valence-electron chi connectivity index (χ3n) is 6.75. The molecule has 0 aliphatic heterocycles. The van der Waals surface area contributed by atoms with Crippen molar-refractivity contribution in [2.45, 2.75) is 90.3 Å². The average molecular weight is 632 g/mol. The summed E-state index contributed by atoms with van der Waals surface area (Å²) in [7, 11) is -4.28. The number of Topliss-reactive ketones (excluding diaryl/α,β-unsaturated/α-hetero) is 2. The molecule has 0 saturated carbocycles. The van der Waals surface area contributed by atoms with Crippen LogP contribution < -0.4 is 22.1 Å². The third kappa shape index (κ3) is 15.8. The monoisotopic (exact) mass is 631 g/mol. The van der Waals surface area contributed by atoms with Crippen LogP contribution in [0.3, 0.4) is 0 Å². The Balaban J connectivity index is 3.09. The highest BCUT2D eigenvalue weighted by molar-refractivity contribution is 7.51. The van der Waals surface area contributed by atoms with E-state index in [1.54, 1.807) is 0 Å². The van der Waals surface area contributed by atoms with Crippen molar-refractivity contribution < 1.29 is 43.4 Å². The second-order valence-electron chi connectivity index (χ2n) is 10.8. The topological polar surface area (TPSA) is 270 Å². The van der Waals surface area contributed by atoms with E-state index in [0.717, 1.165) is 0 Å². The minimum absolute atomic E-state index is 0.0323. The van der Waals surface area contributed by atoms with Crippen LogP contribution in [0.2, 0.25) is 0 Å². The van der Waals surface area contributed by atoms with Gasteiger partial charge < -0.3 is 41.8 Å². The molecule has 1 rings (SSSR count). The van der Waals surface area contributed by atoms with Gasteiger partial charge in [0.1, 0.15) is 11.8 Å². The highest BCUT2D eigenvalue weighted by atomic mass is 31.2. The number of carboxylic acid groups (broad SMARTS) is 1. The Bertz CT molecular complexity index is 1120. The Kier molecular flexibility index (Phi) is 17.0. The van der Waals surface area contributed by atoms with E-state index in [0.29, 0.717) is 45.2 Å². The van der Waals surface area contributed by atoms with E-state index >= 15 is 0 Å². The quantitative estimate of drug-likeness (QED) is 0.0594. The standard InChI is InChI=1S/C26H46N7O9P/c1-17(24(36)29-21(26(38)39)8-4-6-10-28)13-23(35)22(15-20-16-33(32-31-20)11-12-43(40,41)42)30-25(37)19(14-18(2)34)7-3-5-9-27/h16-17,19,21-22H,3-15,27-28H2,1-2H3,(H,29,36)(H,30,37)(H,38,39)(H2,40,41,42)/t17-,19-,21+,22+/m1/s1. The van der Waals surface area contributed by atoms with Crippen LogP contribution in [-0.2, 0) is 41.5 Å². The van der Waals surface area contributed by atoms with Gasteiger partial charge in [-0.1, -0.05) is 18.6 Å². The molecule has 1 aromatic rings. The number of aryl methyl sites for hydroxylation is 1. The molecule has 43 heavy (non-hydrogen) atoms. The normalized spacial score (nSPS) is 14.4. The smallest absolute Gasteiger partial charge is 0.327 e. The number of nitrogens with one attached hydrogen (secondary N) is 2. The first-order valence-electron chi connectivity index (χ1n) is 14.4. The lowest BCUT2D eigenvalue weighted by Crippen LogP contribution is -2.47. The highest BCUT2D eigenvalue weighted by Crippen LogP contribution is 2.33. The summed E-state index contributed by atoms with van der Waals surface area (Å²) in [5, 5.41) is 22.4. The zero-order chi connectivity index (χ0) is 32.6. The molecule has 0 aromatic carbocycles. The van der Waals surface area contributed by atoms with Crippen molar-refractivity contribution in [3.63, 3.8) is 0 Å². The van der Waals surface area contributed by atoms with Crippen LogP contribution >= 0.6 is 7.60 Å². The lowest BCUT2D eigenvalue weighted by molar-refractivity contribution is -0.142. The molecule has 0 radical (unpaired) electrons. The van der Waals surface area contributed by atoms with Gasteiger partial charge in [-0.2, -0.15) is 0 Å². The minimum Gasteiger partial charge on any atom is -0.480 e. The van der Waals surface area contributed by atoms with Crippen LogP contribution in [0, 0.1) is 11.8 Å². The van der Waals surface area contributed by atoms with Crippen molar-refractivity contribution >= 4 is 36.9 Å². The number of aliphatic carboxylic acids is 1. The molecule has 0 saturated heterocycles. The number of hydrogen-bond acceptors (Lipinski definition) is 10. The van der Waals surface area contributed by atoms with Gasteiger partial charge in [-0.25, -0.2) is 4.79 Å². The van der Waals surface area contributed by atoms with Crippen molar-refractivity contribution in [1.29, 1.82) is 0 Å². The van der Waals surface area contributed by atoms with Gasteiger partial charge in [0.05, 0.1) is 24.4 Å². The Morgan fingerprint density at radius 3 is 2.12 bits per heavy atom. The van der Waals surface area contributed by atoms with Crippen LogP contribution in [0.15, 0.2) is 6.20 Å². The summed E-state index contributed by atoms with van der Waals surface area (Å²) in [6.45, 7) is 3.51. The maximum absolute atomic E-state index is 13.4. The molecule has 2 amide bonds. The summed E-state index contributed by atoms with van der Waals surface area (Å²) in [5.74, 6) is -4.74. The predicted molar refractivity (Wildman–Crippen MR) is 156 cm³/mol. The molecule has 4 atom stereocenters. The Labute approximate surface area is 250 Å². The zero-order valence-corrected chi connectivity index (χ0v) is 25.7. The minimum atomic E-state index is -4.28. The number of carbonyl (C=O) groups is 5. The Hall–Kier alpha value is -3.04. The van der Waals surface area contributed by atoms with Gasteiger partial charge in [0.25, 0.3) is 0 Å². The van der Waals surface area contributed by atoms with E-state index in [1.807, 2.05) is 0 Å². The number of ketones is 2. The van der Waals surface area contributed by atoms with Crippen LogP contribution in [0.1, 0.15) is 70.9 Å². The fourth-order valence-corrected chi connectivity index (χ4v) is 4.79. The summed E-state index contributed by atoms with van der Waals surface area (Å²) in [5.41, 5.74) is 11.3. The number of carbonyl (C=O) groups excluding carboxylic acids is 4. The summed E-state index contributed by atoms with van der Waals surface area (Å²) in [6.07, 6.45) is 3.32. The fourth-order valence-electron chi connectivity index (χ4n) is 4.33. The van der Waals surface area contributed by atoms with Crippen molar-refractivity contribution in [3.05, 3.63) is 11.9 Å². The maximum atomic E-state index is 13.4. The van der Waals surface area contributed by atoms with Gasteiger partial charge in [-0.3, -0.25) is 23.6 Å². The van der Waals surface area contributed by atoms with Crippen molar-refractivity contribution in [2.24, 2.45) is 23.3 Å². The van der Waals surface area contributed by atoms with E-state index < -0.39 is 61.2 Å². The van der Waals surface area contributed by atoms with Crippen LogP contribution in [0.25, 0.3) is 0 Å². The maximum Gasteiger partial charge on any atom is 0.327 e. The van der Waals surface area contributed by atoms with Gasteiger partial charge in [0.2, 0.25) is 11.8 Å². The molecule has 1 aromatic heterocycles. The molecular weight excluding hydrogens is 585 g/mol. The lowest BCUT2D eigenvalue weighted by Gasteiger charge is -2.23. The van der Waals surface area contributed by atoms with E-state index in [-0.39, 0.29) is 43.7 Å². The summed E-state index contributed by atoms with van der Waals surface area (Å²) in [6, 6.07) is -2.31. The van der Waals surface area contributed by atoms with E-state index in [2.05, 4.69) is 20.9 Å². The Morgan fingerprint density at radius 1 is 0.953 bits per heavy atom. The van der Waals surface area contributed by atoms with Gasteiger partial charge in [-0.05, 0) is 52.1 Å². The fraction of sp³-hybridized carbons (Fsp3) is 0.731. The molecule has 0 bridgehead atoms. The average Bonchev–Trinajstić information content (AvgIpc) is 3.37. The number of amides is 2. The second-order valence-corrected chi connectivity index (χ2v) is 12.5. The van der Waals surface area contributed by atoms with Crippen LogP contribution in [-0.4, -0.2) is 90.6 Å². The first-order valence-corrected chi connectivity index (χ1v) is 16.2. The van der Waals surface area contributed by atoms with Crippen molar-refractivity contribution in [2.75, 3.05) is 19.3 Å². The SMILES string of the molecule is CC(=O)C[C@@H](CCCCN)C(=O)N[C@@H](Cc1cn(CCP(=O)(O)O)nn1)C(=O)C[C@@H](C)C(=O)N[C@@H](CCCCN)C(=O)O. The molecular formula is C26H46N7O9P. The van der Waals surface area contributed by atoms with Crippen molar-refractivity contribution in [1.82, 2.24) is 25.6 Å². The number of nitrogens with zero attached hydrogens (tertiary/aromatic N) is 3. The first-order chi connectivity index (χ1) is 20.2. The number of hydrogen-bond donors (Lipinski definition) is 7. The first kappa shape index (κ1) is 38.0. The van der Waals surface area contributed by atoms with E-state index in [1.165, 1.54) is 24.7 Å². The van der Waals surface area contributed by atoms with Crippen LogP contribution in [0.4, 0.5) is 0 Å². The molecule has 0 unspecified atom stereocenters. The van der Waals surface area contributed by atoms with Gasteiger partial charge in [-0.15, -0.1) is 5.10 Å². The molecule has 0 fully saturated rings.